The lowest BCUT2D eigenvalue weighted by atomic mass is 10.1. The van der Waals surface area contributed by atoms with Crippen LogP contribution in [0.1, 0.15) is 15.9 Å². The highest BCUT2D eigenvalue weighted by Gasteiger charge is 2.11. The Kier molecular flexibility index (Phi) is 6.97. The molecule has 148 valence electrons. The normalized spacial score (nSPS) is 10.2. The van der Waals surface area contributed by atoms with Crippen molar-refractivity contribution in [3.63, 3.8) is 0 Å². The number of esters is 1. The van der Waals surface area contributed by atoms with E-state index in [1.54, 1.807) is 49.6 Å². The van der Waals surface area contributed by atoms with E-state index in [1.807, 2.05) is 36.4 Å². The first-order valence-corrected chi connectivity index (χ1v) is 9.02. The number of hydrogen-bond acceptors (Lipinski definition) is 5. The van der Waals surface area contributed by atoms with Crippen LogP contribution in [0.15, 0.2) is 78.9 Å². The summed E-state index contributed by atoms with van der Waals surface area (Å²) in [6, 6.07) is 23.2. The van der Waals surface area contributed by atoms with Gasteiger partial charge in [0.25, 0.3) is 5.91 Å². The summed E-state index contributed by atoms with van der Waals surface area (Å²) in [5.41, 5.74) is 1.80. The van der Waals surface area contributed by atoms with Crippen LogP contribution in [0.5, 0.6) is 11.5 Å². The van der Waals surface area contributed by atoms with Crippen molar-refractivity contribution in [1.29, 1.82) is 0 Å². The number of rotatable bonds is 8. The molecule has 0 atom stereocenters. The summed E-state index contributed by atoms with van der Waals surface area (Å²) in [7, 11) is 1.58. The Bertz CT molecular complexity index is 955. The van der Waals surface area contributed by atoms with E-state index >= 15 is 0 Å². The lowest BCUT2D eigenvalue weighted by Gasteiger charge is -2.09. The summed E-state index contributed by atoms with van der Waals surface area (Å²) in [6.45, 7) is 0.0151. The number of para-hydroxylation sites is 1. The van der Waals surface area contributed by atoms with Gasteiger partial charge in [-0.1, -0.05) is 30.3 Å². The number of hydrogen-bond donors (Lipinski definition) is 1. The molecule has 1 N–H and O–H groups in total. The minimum absolute atomic E-state index is 0.370. The minimum Gasteiger partial charge on any atom is -0.457 e. The zero-order chi connectivity index (χ0) is 20.5. The molecule has 3 aromatic carbocycles. The molecule has 0 heterocycles. The van der Waals surface area contributed by atoms with Crippen molar-refractivity contribution in [2.75, 3.05) is 19.0 Å². The van der Waals surface area contributed by atoms with Crippen molar-refractivity contribution in [3.05, 3.63) is 90.0 Å². The first-order chi connectivity index (χ1) is 14.1. The van der Waals surface area contributed by atoms with E-state index in [-0.39, 0.29) is 6.61 Å². The van der Waals surface area contributed by atoms with Crippen LogP contribution < -0.4 is 10.1 Å². The standard InChI is InChI=1S/C23H21NO5/c1-27-15-17-6-5-7-18(14-17)23(26)28-16-22(25)24-19-10-12-21(13-11-19)29-20-8-3-2-4-9-20/h2-14H,15-16H2,1H3,(H,24,25). The smallest absolute Gasteiger partial charge is 0.338 e. The molecule has 0 saturated heterocycles. The van der Waals surface area contributed by atoms with Crippen LogP contribution in [0.25, 0.3) is 0 Å². The SMILES string of the molecule is COCc1cccc(C(=O)OCC(=O)Nc2ccc(Oc3ccccc3)cc2)c1. The molecule has 0 aliphatic rings. The van der Waals surface area contributed by atoms with Crippen LogP contribution in [0.4, 0.5) is 5.69 Å². The topological polar surface area (TPSA) is 73.9 Å². The third kappa shape index (κ3) is 6.19. The lowest BCUT2D eigenvalue weighted by molar-refractivity contribution is -0.119. The van der Waals surface area contributed by atoms with Gasteiger partial charge in [0, 0.05) is 12.8 Å². The largest absolute Gasteiger partial charge is 0.457 e. The summed E-state index contributed by atoms with van der Waals surface area (Å²) in [6.07, 6.45) is 0. The molecule has 0 saturated carbocycles. The fourth-order valence-electron chi connectivity index (χ4n) is 2.60. The van der Waals surface area contributed by atoms with Gasteiger partial charge in [-0.3, -0.25) is 4.79 Å². The molecule has 0 spiro atoms. The van der Waals surface area contributed by atoms with E-state index < -0.39 is 11.9 Å². The molecular formula is C23H21NO5. The molecule has 29 heavy (non-hydrogen) atoms. The molecule has 1 amide bonds. The molecule has 3 rings (SSSR count). The van der Waals surface area contributed by atoms with Gasteiger partial charge in [-0.2, -0.15) is 0 Å². The third-order valence-corrected chi connectivity index (χ3v) is 3.93. The Morgan fingerprint density at radius 1 is 0.862 bits per heavy atom. The van der Waals surface area contributed by atoms with Gasteiger partial charge in [0.2, 0.25) is 0 Å². The van der Waals surface area contributed by atoms with E-state index in [2.05, 4.69) is 5.32 Å². The van der Waals surface area contributed by atoms with E-state index in [0.29, 0.717) is 23.6 Å². The summed E-state index contributed by atoms with van der Waals surface area (Å²) in [4.78, 5) is 24.2. The number of amides is 1. The predicted molar refractivity (Wildman–Crippen MR) is 109 cm³/mol. The number of carbonyl (C=O) groups is 2. The quantitative estimate of drug-likeness (QED) is 0.576. The van der Waals surface area contributed by atoms with Gasteiger partial charge in [0.1, 0.15) is 11.5 Å². The minimum atomic E-state index is -0.565. The van der Waals surface area contributed by atoms with E-state index in [0.717, 1.165) is 11.3 Å². The van der Waals surface area contributed by atoms with Crippen LogP contribution in [-0.2, 0) is 20.9 Å². The number of nitrogens with one attached hydrogen (secondary N) is 1. The zero-order valence-corrected chi connectivity index (χ0v) is 16.0. The van der Waals surface area contributed by atoms with E-state index in [4.69, 9.17) is 14.2 Å². The summed E-state index contributed by atoms with van der Waals surface area (Å²) in [5, 5.41) is 2.68. The summed E-state index contributed by atoms with van der Waals surface area (Å²) >= 11 is 0. The summed E-state index contributed by atoms with van der Waals surface area (Å²) in [5.74, 6) is 0.384. The molecule has 6 nitrogen and oxygen atoms in total. The van der Waals surface area contributed by atoms with Gasteiger partial charge >= 0.3 is 5.97 Å². The lowest BCUT2D eigenvalue weighted by Crippen LogP contribution is -2.21. The van der Waals surface area contributed by atoms with Gasteiger partial charge in [-0.15, -0.1) is 0 Å². The molecule has 0 aliphatic carbocycles. The Morgan fingerprint density at radius 2 is 1.59 bits per heavy atom. The monoisotopic (exact) mass is 391 g/mol. The summed E-state index contributed by atoms with van der Waals surface area (Å²) < 4.78 is 15.8. The van der Waals surface area contributed by atoms with Crippen molar-refractivity contribution in [2.24, 2.45) is 0 Å². The highest BCUT2D eigenvalue weighted by atomic mass is 16.5. The fourth-order valence-corrected chi connectivity index (χ4v) is 2.60. The van der Waals surface area contributed by atoms with Crippen LogP contribution in [0.2, 0.25) is 0 Å². The Balaban J connectivity index is 1.49. The number of carbonyl (C=O) groups excluding carboxylic acids is 2. The molecule has 0 bridgehead atoms. The van der Waals surface area contributed by atoms with Crippen LogP contribution in [0, 0.1) is 0 Å². The maximum Gasteiger partial charge on any atom is 0.338 e. The van der Waals surface area contributed by atoms with Crippen molar-refractivity contribution < 1.29 is 23.8 Å². The molecule has 0 aliphatic heterocycles. The molecule has 0 unspecified atom stereocenters. The molecular weight excluding hydrogens is 370 g/mol. The van der Waals surface area contributed by atoms with Crippen molar-refractivity contribution >= 4 is 17.6 Å². The van der Waals surface area contributed by atoms with Gasteiger partial charge in [0.15, 0.2) is 6.61 Å². The molecule has 6 heteroatoms. The Hall–Kier alpha value is -3.64. The van der Waals surface area contributed by atoms with Gasteiger partial charge in [0.05, 0.1) is 12.2 Å². The molecule has 0 aromatic heterocycles. The first kappa shape index (κ1) is 20.1. The average Bonchev–Trinajstić information content (AvgIpc) is 2.75. The zero-order valence-electron chi connectivity index (χ0n) is 16.0. The Labute approximate surface area is 169 Å². The second kappa shape index (κ2) is 10.1. The second-order valence-electron chi connectivity index (χ2n) is 6.20. The fraction of sp³-hybridized carbons (Fsp3) is 0.130. The maximum atomic E-state index is 12.1. The third-order valence-electron chi connectivity index (χ3n) is 3.93. The molecule has 0 radical (unpaired) electrons. The maximum absolute atomic E-state index is 12.1. The van der Waals surface area contributed by atoms with Gasteiger partial charge < -0.3 is 19.5 Å². The number of ether oxygens (including phenoxy) is 3. The number of anilines is 1. The molecule has 0 fully saturated rings. The molecule has 3 aromatic rings. The van der Waals surface area contributed by atoms with E-state index in [1.165, 1.54) is 0 Å². The van der Waals surface area contributed by atoms with Crippen LogP contribution in [0.3, 0.4) is 0 Å². The van der Waals surface area contributed by atoms with Gasteiger partial charge in [-0.25, -0.2) is 4.79 Å². The van der Waals surface area contributed by atoms with E-state index in [9.17, 15) is 9.59 Å². The van der Waals surface area contributed by atoms with Crippen molar-refractivity contribution in [3.8, 4) is 11.5 Å². The number of methoxy groups -OCH3 is 1. The van der Waals surface area contributed by atoms with Crippen molar-refractivity contribution in [2.45, 2.75) is 6.61 Å². The van der Waals surface area contributed by atoms with Crippen LogP contribution >= 0.6 is 0 Å². The highest BCUT2D eigenvalue weighted by Crippen LogP contribution is 2.22. The van der Waals surface area contributed by atoms with Gasteiger partial charge in [-0.05, 0) is 54.1 Å². The second-order valence-corrected chi connectivity index (χ2v) is 6.20. The predicted octanol–water partition coefficient (Wildman–Crippen LogP) is 4.42. The van der Waals surface area contributed by atoms with Crippen LogP contribution in [-0.4, -0.2) is 25.6 Å². The number of benzene rings is 3. The van der Waals surface area contributed by atoms with Crippen molar-refractivity contribution in [1.82, 2.24) is 0 Å². The first-order valence-electron chi connectivity index (χ1n) is 9.02. The average molecular weight is 391 g/mol. The highest BCUT2D eigenvalue weighted by molar-refractivity contribution is 5.95. The Morgan fingerprint density at radius 3 is 2.31 bits per heavy atom.